The van der Waals surface area contributed by atoms with Gasteiger partial charge in [0, 0.05) is 6.92 Å². The smallest absolute Gasteiger partial charge is 0.190 e. The number of hydrogen-bond donors (Lipinski definition) is 0. The lowest BCUT2D eigenvalue weighted by Crippen LogP contribution is -1.62. The molecule has 96 valence electrons. The van der Waals surface area contributed by atoms with Crippen molar-refractivity contribution in [3.8, 4) is 0 Å². The van der Waals surface area contributed by atoms with E-state index in [-0.39, 0.29) is 0 Å². The largest absolute Gasteiger partial charge is 0.449 e. The van der Waals surface area contributed by atoms with Gasteiger partial charge in [-0.25, -0.2) is 4.98 Å². The summed E-state index contributed by atoms with van der Waals surface area (Å²) in [5.41, 5.74) is 1.32. The van der Waals surface area contributed by atoms with Crippen molar-refractivity contribution in [3.63, 3.8) is 0 Å². The van der Waals surface area contributed by atoms with Crippen LogP contribution in [-0.4, -0.2) is 4.98 Å². The molecular weight excluding hydrogens is 210 g/mol. The van der Waals surface area contributed by atoms with Crippen molar-refractivity contribution in [1.82, 2.24) is 4.98 Å². The monoisotopic (exact) mass is 235 g/mol. The highest BCUT2D eigenvalue weighted by molar-refractivity contribution is 5.11. The molecule has 0 bridgehead atoms. The van der Waals surface area contributed by atoms with Crippen LogP contribution < -0.4 is 0 Å². The van der Waals surface area contributed by atoms with Gasteiger partial charge in [-0.15, -0.1) is 0 Å². The molecule has 0 saturated heterocycles. The fraction of sp³-hybridized carbons (Fsp3) is 0.400. The quantitative estimate of drug-likeness (QED) is 0.640. The molecule has 0 saturated carbocycles. The van der Waals surface area contributed by atoms with E-state index < -0.39 is 0 Å². The lowest BCUT2D eigenvalue weighted by molar-refractivity contribution is 0.521. The van der Waals surface area contributed by atoms with Gasteiger partial charge in [0.25, 0.3) is 0 Å². The summed E-state index contributed by atoms with van der Waals surface area (Å²) in [5.74, 6) is 0.718. The third-order valence-electron chi connectivity index (χ3n) is 1.50. The van der Waals surface area contributed by atoms with Crippen LogP contribution in [0, 0.1) is 13.8 Å². The van der Waals surface area contributed by atoms with E-state index in [9.17, 15) is 0 Å². The Morgan fingerprint density at radius 1 is 0.882 bits per heavy atom. The molecule has 0 aliphatic rings. The van der Waals surface area contributed by atoms with Gasteiger partial charge in [-0.1, -0.05) is 63.6 Å². The van der Waals surface area contributed by atoms with Crippen LogP contribution in [0.15, 0.2) is 47.2 Å². The summed E-state index contributed by atoms with van der Waals surface area (Å²) in [6, 6.07) is 10.3. The van der Waals surface area contributed by atoms with E-state index in [4.69, 9.17) is 4.42 Å². The van der Waals surface area contributed by atoms with Crippen LogP contribution in [0.25, 0.3) is 0 Å². The first-order valence-corrected chi connectivity index (χ1v) is 6.17. The highest BCUT2D eigenvalue weighted by Gasteiger charge is 1.77. The Labute approximate surface area is 106 Å². The van der Waals surface area contributed by atoms with E-state index in [2.05, 4.69) is 24.0 Å². The van der Waals surface area contributed by atoms with Crippen LogP contribution in [-0.2, 0) is 0 Å². The average molecular weight is 235 g/mol. The van der Waals surface area contributed by atoms with Crippen molar-refractivity contribution in [2.75, 3.05) is 0 Å². The summed E-state index contributed by atoms with van der Waals surface area (Å²) >= 11 is 0. The molecule has 2 nitrogen and oxygen atoms in total. The first-order valence-electron chi connectivity index (χ1n) is 6.17. The van der Waals surface area contributed by atoms with Crippen LogP contribution in [0.2, 0.25) is 0 Å². The zero-order valence-electron chi connectivity index (χ0n) is 11.9. The first-order chi connectivity index (χ1) is 8.29. The van der Waals surface area contributed by atoms with Crippen LogP contribution in [0.1, 0.15) is 39.1 Å². The van der Waals surface area contributed by atoms with Crippen molar-refractivity contribution >= 4 is 0 Å². The average Bonchev–Trinajstić information content (AvgIpc) is 2.87. The Kier molecular flexibility index (Phi) is 15.1. The molecule has 1 heterocycles. The third-order valence-corrected chi connectivity index (χ3v) is 1.50. The van der Waals surface area contributed by atoms with Gasteiger partial charge in [0.2, 0.25) is 0 Å². The number of oxazole rings is 1. The van der Waals surface area contributed by atoms with Gasteiger partial charge in [-0.2, -0.15) is 0 Å². The molecule has 0 unspecified atom stereocenters. The van der Waals surface area contributed by atoms with Crippen LogP contribution in [0.5, 0.6) is 0 Å². The molecule has 1 aromatic heterocycles. The first kappa shape index (κ1) is 17.8. The number of aromatic nitrogens is 1. The molecule has 0 fully saturated rings. The summed E-state index contributed by atoms with van der Waals surface area (Å²) in [5, 5.41) is 0. The van der Waals surface area contributed by atoms with Crippen LogP contribution >= 0.6 is 0 Å². The molecule has 2 aromatic rings. The van der Waals surface area contributed by atoms with Crippen molar-refractivity contribution in [2.24, 2.45) is 0 Å². The number of nitrogens with zero attached hydrogens (tertiary/aromatic N) is 1. The predicted octanol–water partition coefficient (Wildman–Crippen LogP) is 5.03. The van der Waals surface area contributed by atoms with Crippen LogP contribution in [0.4, 0.5) is 0 Å². The molecule has 0 amide bonds. The second-order valence-electron chi connectivity index (χ2n) is 2.71. The second kappa shape index (κ2) is 14.4. The Bertz CT molecular complexity index is 314. The number of hydrogen-bond acceptors (Lipinski definition) is 2. The van der Waals surface area contributed by atoms with E-state index in [1.54, 1.807) is 19.4 Å². The zero-order chi connectivity index (χ0) is 13.5. The van der Waals surface area contributed by atoms with E-state index in [1.165, 1.54) is 5.56 Å². The Balaban J connectivity index is 0. The summed E-state index contributed by atoms with van der Waals surface area (Å²) < 4.78 is 4.72. The summed E-state index contributed by atoms with van der Waals surface area (Å²) in [6.07, 6.45) is 3.17. The lowest BCUT2D eigenvalue weighted by Gasteiger charge is -1.82. The normalized spacial score (nSPS) is 7.41. The molecule has 0 spiro atoms. The van der Waals surface area contributed by atoms with Gasteiger partial charge < -0.3 is 4.42 Å². The number of aryl methyl sites for hydroxylation is 2. The number of benzene rings is 1. The maximum absolute atomic E-state index is 4.72. The Morgan fingerprint density at radius 2 is 1.41 bits per heavy atom. The predicted molar refractivity (Wildman–Crippen MR) is 75.1 cm³/mol. The van der Waals surface area contributed by atoms with E-state index in [0.717, 1.165) is 5.89 Å². The minimum atomic E-state index is 0.718. The molecule has 17 heavy (non-hydrogen) atoms. The molecule has 2 heteroatoms. The SMILES string of the molecule is CC.CC.Cc1ccccc1.Cc1ncco1. The van der Waals surface area contributed by atoms with E-state index in [1.807, 2.05) is 45.9 Å². The number of rotatable bonds is 0. The minimum Gasteiger partial charge on any atom is -0.449 e. The highest BCUT2D eigenvalue weighted by atomic mass is 16.3. The van der Waals surface area contributed by atoms with Crippen molar-refractivity contribution in [1.29, 1.82) is 0 Å². The van der Waals surface area contributed by atoms with Gasteiger partial charge in [-0.3, -0.25) is 0 Å². The van der Waals surface area contributed by atoms with E-state index >= 15 is 0 Å². The van der Waals surface area contributed by atoms with Crippen LogP contribution in [0.3, 0.4) is 0 Å². The highest BCUT2D eigenvalue weighted by Crippen LogP contribution is 1.92. The molecule has 0 radical (unpaired) electrons. The van der Waals surface area contributed by atoms with Crippen molar-refractivity contribution in [2.45, 2.75) is 41.5 Å². The second-order valence-corrected chi connectivity index (χ2v) is 2.71. The van der Waals surface area contributed by atoms with Gasteiger partial charge in [-0.05, 0) is 6.92 Å². The van der Waals surface area contributed by atoms with Gasteiger partial charge in [0.1, 0.15) is 6.26 Å². The zero-order valence-corrected chi connectivity index (χ0v) is 11.9. The van der Waals surface area contributed by atoms with Gasteiger partial charge in [0.15, 0.2) is 5.89 Å². The Hall–Kier alpha value is -1.57. The molecular formula is C15H25NO. The third kappa shape index (κ3) is 12.4. The summed E-state index contributed by atoms with van der Waals surface area (Å²) in [7, 11) is 0. The van der Waals surface area contributed by atoms with Crippen molar-refractivity contribution in [3.05, 3.63) is 54.2 Å². The maximum atomic E-state index is 4.72. The van der Waals surface area contributed by atoms with Crippen molar-refractivity contribution < 1.29 is 4.42 Å². The molecule has 0 aliphatic carbocycles. The fourth-order valence-electron chi connectivity index (χ4n) is 0.829. The Morgan fingerprint density at radius 3 is 1.59 bits per heavy atom. The van der Waals surface area contributed by atoms with Gasteiger partial charge >= 0.3 is 0 Å². The van der Waals surface area contributed by atoms with E-state index in [0.29, 0.717) is 0 Å². The molecule has 0 N–H and O–H groups in total. The molecule has 0 atom stereocenters. The standard InChI is InChI=1S/C7H8.C4H5NO.2C2H6/c1-7-5-3-2-4-6-7;1-4-5-2-3-6-4;2*1-2/h2-6H,1H3;2-3H,1H3;2*1-2H3. The maximum Gasteiger partial charge on any atom is 0.190 e. The summed E-state index contributed by atoms with van der Waals surface area (Å²) in [6.45, 7) is 11.9. The molecule has 0 aliphatic heterocycles. The lowest BCUT2D eigenvalue weighted by atomic mass is 10.2. The fourth-order valence-corrected chi connectivity index (χ4v) is 0.829. The molecule has 2 rings (SSSR count). The molecule has 1 aromatic carbocycles. The van der Waals surface area contributed by atoms with Gasteiger partial charge in [0.05, 0.1) is 6.20 Å². The summed E-state index contributed by atoms with van der Waals surface area (Å²) in [4.78, 5) is 3.75. The minimum absolute atomic E-state index is 0.718. The topological polar surface area (TPSA) is 26.0 Å².